The van der Waals surface area contributed by atoms with Crippen molar-refractivity contribution in [1.82, 2.24) is 0 Å². The molecular formula is C6H18BO3PS. The van der Waals surface area contributed by atoms with Crippen LogP contribution < -0.4 is 0 Å². The van der Waals surface area contributed by atoms with Crippen LogP contribution in [0.25, 0.3) is 0 Å². The first-order valence-corrected chi connectivity index (χ1v) is 7.27. The van der Waals surface area contributed by atoms with Crippen molar-refractivity contribution in [3.05, 3.63) is 0 Å². The molecule has 0 saturated heterocycles. The molecule has 0 bridgehead atoms. The van der Waals surface area contributed by atoms with Crippen LogP contribution in [0.15, 0.2) is 0 Å². The van der Waals surface area contributed by atoms with Gasteiger partial charge in [-0.2, -0.15) is 8.42 Å². The van der Waals surface area contributed by atoms with Crippen LogP contribution >= 0.6 is 7.14 Å². The molecule has 74 valence electrons. The Morgan fingerprint density at radius 3 is 2.00 bits per heavy atom. The third-order valence-electron chi connectivity index (χ3n) is 1.34. The van der Waals surface area contributed by atoms with E-state index in [1.807, 2.05) is 0 Å². The van der Waals surface area contributed by atoms with Gasteiger partial charge >= 0.3 is 0 Å². The molecule has 0 amide bonds. The molecule has 12 heavy (non-hydrogen) atoms. The zero-order valence-electron chi connectivity index (χ0n) is 7.20. The van der Waals surface area contributed by atoms with E-state index in [1.54, 1.807) is 0 Å². The first-order chi connectivity index (χ1) is 5.33. The molecule has 0 aliphatic heterocycles. The molecule has 0 aromatic rings. The summed E-state index contributed by atoms with van der Waals surface area (Å²) >= 11 is 0. The molecule has 6 heteroatoms. The molecular weight excluding hydrogens is 194 g/mol. The molecule has 0 heterocycles. The normalized spacial score (nSPS) is 13.3. The van der Waals surface area contributed by atoms with Crippen molar-refractivity contribution in [2.24, 2.45) is 0 Å². The van der Waals surface area contributed by atoms with Crippen LogP contribution in [0, 0.1) is 0 Å². The minimum Gasteiger partial charge on any atom is -0.236 e. The quantitative estimate of drug-likeness (QED) is 0.373. The fourth-order valence-electron chi connectivity index (χ4n) is 0.576. The monoisotopic (exact) mass is 212 g/mol. The van der Waals surface area contributed by atoms with E-state index in [0.717, 1.165) is 18.6 Å². The molecule has 3 nitrogen and oxygen atoms in total. The smallest absolute Gasteiger partial charge is 0.236 e. The topological polar surface area (TPSA) is 43.4 Å². The molecule has 0 aromatic carbocycles. The Balaban J connectivity index is 4.07. The van der Waals surface area contributed by atoms with Gasteiger partial charge in [0.1, 0.15) is 13.9 Å². The van der Waals surface area contributed by atoms with Crippen molar-refractivity contribution in [3.63, 3.8) is 0 Å². The van der Waals surface area contributed by atoms with E-state index in [-0.39, 0.29) is 7.57 Å². The third-order valence-corrected chi connectivity index (χ3v) is 4.35. The van der Waals surface area contributed by atoms with Crippen LogP contribution in [0.5, 0.6) is 0 Å². The summed E-state index contributed by atoms with van der Waals surface area (Å²) in [5, 5.41) is 0. The average molecular weight is 212 g/mol. The third kappa shape index (κ3) is 5.12. The molecule has 0 spiro atoms. The van der Waals surface area contributed by atoms with Crippen LogP contribution in [0.4, 0.5) is 0 Å². The van der Waals surface area contributed by atoms with Gasteiger partial charge in [-0.05, 0) is 13.8 Å². The fourth-order valence-corrected chi connectivity index (χ4v) is 2.75. The molecule has 0 radical (unpaired) electrons. The highest BCUT2D eigenvalue weighted by Crippen LogP contribution is 2.52. The molecule has 0 saturated carbocycles. The lowest BCUT2D eigenvalue weighted by molar-refractivity contribution is 0.381. The number of hydrogen-bond acceptors (Lipinski definition) is 3. The zero-order chi connectivity index (χ0) is 9.83. The summed E-state index contributed by atoms with van der Waals surface area (Å²) in [6.45, 7) is 4.30. The molecule has 0 rings (SSSR count). The Bertz CT molecular complexity index is 223. The van der Waals surface area contributed by atoms with Gasteiger partial charge in [-0.1, -0.05) is 0 Å². The Hall–Kier alpha value is 0.405. The Kier molecular flexibility index (Phi) is 4.74. The lowest BCUT2D eigenvalue weighted by Gasteiger charge is -2.25. The molecule has 0 N–H and O–H groups in total. The lowest BCUT2D eigenvalue weighted by Crippen LogP contribution is -2.11. The summed E-state index contributed by atoms with van der Waals surface area (Å²) in [6.07, 6.45) is 3.94. The minimum atomic E-state index is -3.21. The van der Waals surface area contributed by atoms with E-state index < -0.39 is 17.3 Å². The van der Waals surface area contributed by atoms with Gasteiger partial charge in [0.25, 0.3) is 10.1 Å². The van der Waals surface area contributed by atoms with E-state index in [0.29, 0.717) is 6.35 Å². The Morgan fingerprint density at radius 1 is 1.33 bits per heavy atom. The van der Waals surface area contributed by atoms with Gasteiger partial charge in [-0.3, -0.25) is 0 Å². The van der Waals surface area contributed by atoms with Gasteiger partial charge in [0.05, 0.1) is 6.26 Å². The first-order valence-electron chi connectivity index (χ1n) is 3.56. The largest absolute Gasteiger partial charge is 0.267 e. The van der Waals surface area contributed by atoms with Gasteiger partial charge in [0.15, 0.2) is 0 Å². The predicted molar refractivity (Wildman–Crippen MR) is 58.7 cm³/mol. The summed E-state index contributed by atoms with van der Waals surface area (Å²) in [7, 11) is -3.85. The molecule has 0 aromatic heterocycles. The summed E-state index contributed by atoms with van der Waals surface area (Å²) in [5.41, 5.74) is 0. The van der Waals surface area contributed by atoms with E-state index in [1.165, 1.54) is 0 Å². The van der Waals surface area contributed by atoms with E-state index >= 15 is 0 Å². The second-order valence-electron chi connectivity index (χ2n) is 2.25. The maximum Gasteiger partial charge on any atom is 0.267 e. The summed E-state index contributed by atoms with van der Waals surface area (Å²) in [5.74, 6) is 0. The maximum absolute atomic E-state index is 10.7. The van der Waals surface area contributed by atoms with Gasteiger partial charge in [0, 0.05) is 12.3 Å². The SMILES string of the molecule is [BH3-][P+](CC)(CC)COS(C)(=O)=O. The Morgan fingerprint density at radius 2 is 1.75 bits per heavy atom. The molecule has 0 unspecified atom stereocenters. The summed E-state index contributed by atoms with van der Waals surface area (Å²) in [6, 6.07) is 0. The first kappa shape index (κ1) is 12.4. The van der Waals surface area contributed by atoms with Gasteiger partial charge in [-0.15, -0.1) is 7.14 Å². The highest BCUT2D eigenvalue weighted by atomic mass is 32.2. The van der Waals surface area contributed by atoms with E-state index in [9.17, 15) is 8.42 Å². The van der Waals surface area contributed by atoms with Gasteiger partial charge < -0.3 is 0 Å². The lowest BCUT2D eigenvalue weighted by atomic mass is 10.7. The zero-order valence-corrected chi connectivity index (χ0v) is 8.91. The van der Waals surface area contributed by atoms with Crippen molar-refractivity contribution >= 4 is 24.8 Å². The predicted octanol–water partition coefficient (Wildman–Crippen LogP) is 0.258. The maximum atomic E-state index is 10.7. The highest BCUT2D eigenvalue weighted by Gasteiger charge is 2.21. The fraction of sp³-hybridized carbons (Fsp3) is 1.00. The van der Waals surface area contributed by atoms with Crippen LogP contribution in [0.3, 0.4) is 0 Å². The highest BCUT2D eigenvalue weighted by molar-refractivity contribution is 7.97. The van der Waals surface area contributed by atoms with Crippen LogP contribution in [0.1, 0.15) is 13.8 Å². The second-order valence-corrected chi connectivity index (χ2v) is 6.76. The van der Waals surface area contributed by atoms with Crippen LogP contribution in [-0.4, -0.2) is 40.9 Å². The van der Waals surface area contributed by atoms with Gasteiger partial charge in [-0.25, -0.2) is 4.18 Å². The average Bonchev–Trinajstić information content (AvgIpc) is 1.99. The molecule has 0 fully saturated rings. The number of hydrogen-bond donors (Lipinski definition) is 0. The van der Waals surface area contributed by atoms with Crippen molar-refractivity contribution in [2.45, 2.75) is 13.8 Å². The number of rotatable bonds is 5. The van der Waals surface area contributed by atoms with Crippen molar-refractivity contribution < 1.29 is 12.6 Å². The van der Waals surface area contributed by atoms with Crippen LogP contribution in [-0.2, 0) is 14.3 Å². The molecule has 0 atom stereocenters. The van der Waals surface area contributed by atoms with Gasteiger partial charge in [0.2, 0.25) is 0 Å². The summed E-state index contributed by atoms with van der Waals surface area (Å²) in [4.78, 5) is 0. The standard InChI is InChI=1S/C6H18BO3PS/c1-4-11(7,5-2)6-10-12(3,8)9/h4-6H2,1-3,7H3. The van der Waals surface area contributed by atoms with E-state index in [4.69, 9.17) is 4.18 Å². The van der Waals surface area contributed by atoms with Crippen molar-refractivity contribution in [1.29, 1.82) is 0 Å². The minimum absolute atomic E-state index is 0.243. The summed E-state index contributed by atoms with van der Waals surface area (Å²) < 4.78 is 26.3. The molecule has 0 aliphatic rings. The van der Waals surface area contributed by atoms with Crippen molar-refractivity contribution in [3.8, 4) is 0 Å². The second kappa shape index (κ2) is 4.59. The van der Waals surface area contributed by atoms with Crippen LogP contribution in [0.2, 0.25) is 0 Å². The van der Waals surface area contributed by atoms with E-state index in [2.05, 4.69) is 13.8 Å². The Labute approximate surface area is 76.7 Å². The molecule has 0 aliphatic carbocycles. The van der Waals surface area contributed by atoms with Crippen molar-refractivity contribution in [2.75, 3.05) is 24.9 Å².